The number of carbonyl (C=O) groups excluding carboxylic acids is 1. The molecule has 1 amide bonds. The van der Waals surface area contributed by atoms with Gasteiger partial charge in [-0.3, -0.25) is 4.79 Å². The third kappa shape index (κ3) is 3.08. The molecule has 0 aliphatic rings. The maximum atomic E-state index is 11.8. The molecule has 2 N–H and O–H groups in total. The molecule has 1 aromatic carbocycles. The molecule has 0 aliphatic carbocycles. The van der Waals surface area contributed by atoms with E-state index in [4.69, 9.17) is 0 Å². The number of rotatable bonds is 3. The summed E-state index contributed by atoms with van der Waals surface area (Å²) in [6.45, 7) is 2.27. The summed E-state index contributed by atoms with van der Waals surface area (Å²) >= 11 is 4.72. The summed E-state index contributed by atoms with van der Waals surface area (Å²) in [6.07, 6.45) is 0. The molecule has 1 aromatic heterocycles. The average molecular weight is 327 g/mol. The molecule has 0 saturated heterocycles. The number of aromatic nitrogens is 1. The summed E-state index contributed by atoms with van der Waals surface area (Å²) in [4.78, 5) is 16.1. The second-order valence-electron chi connectivity index (χ2n) is 3.73. The highest BCUT2D eigenvalue weighted by molar-refractivity contribution is 9.10. The Morgan fingerprint density at radius 1 is 1.56 bits per heavy atom. The SMILES string of the molecule is Cc1csc(CNC(=O)c2ccc(Br)cc2O)n1. The van der Waals surface area contributed by atoms with E-state index in [9.17, 15) is 9.90 Å². The molecule has 0 spiro atoms. The van der Waals surface area contributed by atoms with Crippen molar-refractivity contribution in [1.82, 2.24) is 10.3 Å². The van der Waals surface area contributed by atoms with E-state index in [2.05, 4.69) is 26.2 Å². The maximum absolute atomic E-state index is 11.8. The average Bonchev–Trinajstić information content (AvgIpc) is 2.72. The normalized spacial score (nSPS) is 10.3. The van der Waals surface area contributed by atoms with Gasteiger partial charge in [0.25, 0.3) is 5.91 Å². The molecule has 0 bridgehead atoms. The number of phenols is 1. The van der Waals surface area contributed by atoms with Gasteiger partial charge in [0.15, 0.2) is 0 Å². The molecule has 94 valence electrons. The fourth-order valence-electron chi connectivity index (χ4n) is 1.43. The van der Waals surface area contributed by atoms with Gasteiger partial charge in [-0.1, -0.05) is 15.9 Å². The van der Waals surface area contributed by atoms with E-state index in [0.717, 1.165) is 15.2 Å². The number of hydrogen-bond donors (Lipinski definition) is 2. The number of nitrogens with zero attached hydrogens (tertiary/aromatic N) is 1. The third-order valence-electron chi connectivity index (χ3n) is 2.27. The summed E-state index contributed by atoms with van der Waals surface area (Å²) in [5.41, 5.74) is 1.20. The first-order valence-corrected chi connectivity index (χ1v) is 6.91. The molecule has 6 heteroatoms. The van der Waals surface area contributed by atoms with Gasteiger partial charge in [0.1, 0.15) is 10.8 Å². The van der Waals surface area contributed by atoms with Gasteiger partial charge >= 0.3 is 0 Å². The van der Waals surface area contributed by atoms with E-state index >= 15 is 0 Å². The summed E-state index contributed by atoms with van der Waals surface area (Å²) in [5.74, 6) is -0.356. The number of amides is 1. The summed E-state index contributed by atoms with van der Waals surface area (Å²) in [5, 5.41) is 15.2. The molecule has 0 radical (unpaired) electrons. The first-order valence-electron chi connectivity index (χ1n) is 5.24. The first kappa shape index (κ1) is 13.0. The van der Waals surface area contributed by atoms with Crippen LogP contribution in [0.4, 0.5) is 0 Å². The number of carbonyl (C=O) groups is 1. The van der Waals surface area contributed by atoms with Gasteiger partial charge in [0, 0.05) is 15.5 Å². The molecular formula is C12H11BrN2O2S. The van der Waals surface area contributed by atoms with Crippen molar-refractivity contribution in [3.8, 4) is 5.75 Å². The van der Waals surface area contributed by atoms with E-state index in [1.807, 2.05) is 12.3 Å². The van der Waals surface area contributed by atoms with Gasteiger partial charge in [0.05, 0.1) is 12.1 Å². The predicted molar refractivity (Wildman–Crippen MR) is 73.8 cm³/mol. The van der Waals surface area contributed by atoms with Crippen LogP contribution in [0.15, 0.2) is 28.1 Å². The van der Waals surface area contributed by atoms with Crippen molar-refractivity contribution >= 4 is 33.2 Å². The van der Waals surface area contributed by atoms with E-state index < -0.39 is 0 Å². The Labute approximate surface area is 117 Å². The molecule has 0 atom stereocenters. The Kier molecular flexibility index (Phi) is 3.98. The Hall–Kier alpha value is -1.40. The molecule has 18 heavy (non-hydrogen) atoms. The van der Waals surface area contributed by atoms with Crippen LogP contribution in [0.5, 0.6) is 5.75 Å². The monoisotopic (exact) mass is 326 g/mol. The van der Waals surface area contributed by atoms with Crippen molar-refractivity contribution in [2.45, 2.75) is 13.5 Å². The zero-order valence-corrected chi connectivity index (χ0v) is 12.0. The maximum Gasteiger partial charge on any atom is 0.255 e. The van der Waals surface area contributed by atoms with Gasteiger partial charge in [-0.25, -0.2) is 4.98 Å². The van der Waals surface area contributed by atoms with Crippen LogP contribution in [-0.4, -0.2) is 16.0 Å². The minimum absolute atomic E-state index is 0.0443. The lowest BCUT2D eigenvalue weighted by Gasteiger charge is -2.05. The Morgan fingerprint density at radius 2 is 2.33 bits per heavy atom. The van der Waals surface area contributed by atoms with Crippen molar-refractivity contribution in [1.29, 1.82) is 0 Å². The number of aryl methyl sites for hydroxylation is 1. The fraction of sp³-hybridized carbons (Fsp3) is 0.167. The molecule has 0 saturated carbocycles. The van der Waals surface area contributed by atoms with Gasteiger partial charge in [-0.2, -0.15) is 0 Å². The summed E-state index contributed by atoms with van der Waals surface area (Å²) in [7, 11) is 0. The van der Waals surface area contributed by atoms with Crippen LogP contribution >= 0.6 is 27.3 Å². The summed E-state index contributed by atoms with van der Waals surface area (Å²) < 4.78 is 0.729. The van der Waals surface area contributed by atoms with Crippen molar-refractivity contribution < 1.29 is 9.90 Å². The van der Waals surface area contributed by atoms with Crippen LogP contribution < -0.4 is 5.32 Å². The van der Waals surface area contributed by atoms with Gasteiger partial charge in [-0.05, 0) is 25.1 Å². The Bertz CT molecular complexity index is 583. The zero-order chi connectivity index (χ0) is 13.1. The second kappa shape index (κ2) is 5.49. The Balaban J connectivity index is 2.03. The highest BCUT2D eigenvalue weighted by Crippen LogP contribution is 2.22. The fourth-order valence-corrected chi connectivity index (χ4v) is 2.49. The topological polar surface area (TPSA) is 62.2 Å². The molecule has 2 aromatic rings. The van der Waals surface area contributed by atoms with Crippen LogP contribution in [0.3, 0.4) is 0 Å². The molecular weight excluding hydrogens is 316 g/mol. The van der Waals surface area contributed by atoms with Crippen LogP contribution in [-0.2, 0) is 6.54 Å². The lowest BCUT2D eigenvalue weighted by Crippen LogP contribution is -2.22. The van der Waals surface area contributed by atoms with Crippen LogP contribution in [0.25, 0.3) is 0 Å². The van der Waals surface area contributed by atoms with Crippen molar-refractivity contribution in [2.75, 3.05) is 0 Å². The third-order valence-corrected chi connectivity index (χ3v) is 3.73. The molecule has 1 heterocycles. The number of benzene rings is 1. The summed E-state index contributed by atoms with van der Waals surface area (Å²) in [6, 6.07) is 4.77. The van der Waals surface area contributed by atoms with E-state index in [1.165, 1.54) is 17.4 Å². The number of phenolic OH excluding ortho intramolecular Hbond substituents is 1. The number of thiazole rings is 1. The highest BCUT2D eigenvalue weighted by atomic mass is 79.9. The van der Waals surface area contributed by atoms with Crippen molar-refractivity contribution in [3.05, 3.63) is 44.3 Å². The standard InChI is InChI=1S/C12H11BrN2O2S/c1-7-6-18-11(15-7)5-14-12(17)9-3-2-8(13)4-10(9)16/h2-4,6,16H,5H2,1H3,(H,14,17). The lowest BCUT2D eigenvalue weighted by molar-refractivity contribution is 0.0948. The number of halogens is 1. The van der Waals surface area contributed by atoms with Gasteiger partial charge in [-0.15, -0.1) is 11.3 Å². The predicted octanol–water partition coefficient (Wildman–Crippen LogP) is 2.85. The molecule has 0 aliphatic heterocycles. The molecule has 2 rings (SSSR count). The smallest absolute Gasteiger partial charge is 0.255 e. The van der Waals surface area contributed by atoms with Gasteiger partial charge < -0.3 is 10.4 Å². The van der Waals surface area contributed by atoms with Crippen molar-refractivity contribution in [3.63, 3.8) is 0 Å². The second-order valence-corrected chi connectivity index (χ2v) is 5.59. The Morgan fingerprint density at radius 3 is 2.94 bits per heavy atom. The number of nitrogens with one attached hydrogen (secondary N) is 1. The van der Waals surface area contributed by atoms with Crippen LogP contribution in [0, 0.1) is 6.92 Å². The van der Waals surface area contributed by atoms with E-state index in [0.29, 0.717) is 6.54 Å². The van der Waals surface area contributed by atoms with Crippen LogP contribution in [0.1, 0.15) is 21.1 Å². The number of hydrogen-bond acceptors (Lipinski definition) is 4. The largest absolute Gasteiger partial charge is 0.507 e. The first-order chi connectivity index (χ1) is 8.56. The molecule has 0 fully saturated rings. The minimum atomic E-state index is -0.312. The highest BCUT2D eigenvalue weighted by Gasteiger charge is 2.11. The molecule has 4 nitrogen and oxygen atoms in total. The van der Waals surface area contributed by atoms with E-state index in [1.54, 1.807) is 12.1 Å². The zero-order valence-electron chi connectivity index (χ0n) is 9.61. The number of aromatic hydroxyl groups is 1. The lowest BCUT2D eigenvalue weighted by atomic mass is 10.2. The quantitative estimate of drug-likeness (QED) is 0.911. The molecule has 0 unspecified atom stereocenters. The van der Waals surface area contributed by atoms with Crippen LogP contribution in [0.2, 0.25) is 0 Å². The van der Waals surface area contributed by atoms with E-state index in [-0.39, 0.29) is 17.2 Å². The minimum Gasteiger partial charge on any atom is -0.507 e. The van der Waals surface area contributed by atoms with Gasteiger partial charge in [0.2, 0.25) is 0 Å². The van der Waals surface area contributed by atoms with Crippen molar-refractivity contribution in [2.24, 2.45) is 0 Å².